The van der Waals surface area contributed by atoms with E-state index in [1.807, 2.05) is 24.3 Å². The van der Waals surface area contributed by atoms with Gasteiger partial charge in [0.2, 0.25) is 11.5 Å². The Morgan fingerprint density at radius 3 is 2.85 bits per heavy atom. The Morgan fingerprint density at radius 1 is 1.27 bits per heavy atom. The zero-order valence-electron chi connectivity index (χ0n) is 14.6. The van der Waals surface area contributed by atoms with Crippen molar-refractivity contribution in [2.75, 3.05) is 26.8 Å². The normalized spacial score (nSPS) is 41.0. The Hall–Kier alpha value is -1.91. The number of hydrogen-bond acceptors (Lipinski definition) is 5. The standard InChI is InChI=1S/C20H20N2O4/c1-21-13-4-3-12-11-14-19(23)5-6-20(24-9-10-25-20)17-18(19,7-8-22(14)2)15(12)16(13)26-17/h3-6,14,17,23H,7-11H2,2H3/t14-,17?,18+,19?/m1/s1. The smallest absolute Gasteiger partial charge is 0.228 e. The summed E-state index contributed by atoms with van der Waals surface area (Å²) in [5.74, 6) is -0.370. The lowest BCUT2D eigenvalue weighted by atomic mass is 9.50. The molecule has 6 nitrogen and oxygen atoms in total. The molecule has 1 aromatic carbocycles. The predicted octanol–water partition coefficient (Wildman–Crippen LogP) is 1.54. The third kappa shape index (κ3) is 1.39. The quantitative estimate of drug-likeness (QED) is 0.567. The van der Waals surface area contributed by atoms with Crippen LogP contribution >= 0.6 is 0 Å². The number of piperidine rings is 1. The van der Waals surface area contributed by atoms with Crippen LogP contribution in [0.1, 0.15) is 17.5 Å². The van der Waals surface area contributed by atoms with Gasteiger partial charge < -0.3 is 19.3 Å². The van der Waals surface area contributed by atoms with Crippen molar-refractivity contribution in [2.45, 2.75) is 41.8 Å². The second-order valence-corrected chi connectivity index (χ2v) is 8.06. The van der Waals surface area contributed by atoms with Crippen molar-refractivity contribution < 1.29 is 19.3 Å². The highest BCUT2D eigenvalue weighted by Crippen LogP contribution is 2.66. The first-order chi connectivity index (χ1) is 12.6. The minimum Gasteiger partial charge on any atom is -0.494 e. The van der Waals surface area contributed by atoms with Crippen molar-refractivity contribution in [1.82, 2.24) is 4.90 Å². The molecule has 6 rings (SSSR count). The van der Waals surface area contributed by atoms with Gasteiger partial charge in [-0.05, 0) is 49.7 Å². The van der Waals surface area contributed by atoms with E-state index in [0.29, 0.717) is 24.7 Å². The van der Waals surface area contributed by atoms with Gasteiger partial charge >= 0.3 is 0 Å². The number of aliphatic hydroxyl groups is 1. The van der Waals surface area contributed by atoms with Crippen LogP contribution in [0.5, 0.6) is 5.75 Å². The molecule has 2 bridgehead atoms. The molecule has 1 N–H and O–H groups in total. The van der Waals surface area contributed by atoms with Crippen molar-refractivity contribution in [2.24, 2.45) is 0 Å². The van der Waals surface area contributed by atoms with Gasteiger partial charge in [0, 0.05) is 6.04 Å². The van der Waals surface area contributed by atoms with Gasteiger partial charge in [-0.15, -0.1) is 0 Å². The zero-order valence-corrected chi connectivity index (χ0v) is 14.6. The van der Waals surface area contributed by atoms with E-state index in [1.54, 1.807) is 0 Å². The van der Waals surface area contributed by atoms with E-state index < -0.39 is 22.9 Å². The second-order valence-electron chi connectivity index (χ2n) is 8.06. The highest BCUT2D eigenvalue weighted by molar-refractivity contribution is 5.71. The third-order valence-electron chi connectivity index (χ3n) is 7.17. The molecule has 2 unspecified atom stereocenters. The Bertz CT molecular complexity index is 900. The summed E-state index contributed by atoms with van der Waals surface area (Å²) >= 11 is 0. The molecule has 2 spiro atoms. The molecule has 0 radical (unpaired) electrons. The minimum absolute atomic E-state index is 0.0328. The SMILES string of the molecule is [C-]#[N+]c1ccc2c3c1OC1C4(C=CC5(O)[C@@H](C2)N(C)CC[C@]315)OCCO4. The summed E-state index contributed by atoms with van der Waals surface area (Å²) in [7, 11) is 2.07. The summed E-state index contributed by atoms with van der Waals surface area (Å²) in [6.45, 7) is 9.43. The molecule has 26 heavy (non-hydrogen) atoms. The number of fused-ring (bicyclic) bond motifs is 1. The van der Waals surface area contributed by atoms with E-state index in [-0.39, 0.29) is 6.04 Å². The lowest BCUT2D eigenvalue weighted by Gasteiger charge is -2.62. The van der Waals surface area contributed by atoms with Crippen LogP contribution in [-0.2, 0) is 21.3 Å². The summed E-state index contributed by atoms with van der Waals surface area (Å²) in [6.07, 6.45) is 4.73. The van der Waals surface area contributed by atoms with Gasteiger partial charge in [-0.2, -0.15) is 0 Å². The molecule has 6 heteroatoms. The number of nitrogens with zero attached hydrogens (tertiary/aromatic N) is 2. The molecule has 2 aliphatic carbocycles. The van der Waals surface area contributed by atoms with Crippen LogP contribution < -0.4 is 4.74 Å². The third-order valence-corrected chi connectivity index (χ3v) is 7.17. The van der Waals surface area contributed by atoms with Gasteiger partial charge in [-0.1, -0.05) is 12.1 Å². The topological polar surface area (TPSA) is 55.5 Å². The number of benzene rings is 1. The summed E-state index contributed by atoms with van der Waals surface area (Å²) in [4.78, 5) is 5.92. The first-order valence-corrected chi connectivity index (χ1v) is 9.17. The molecular formula is C20H20N2O4. The number of ether oxygens (including phenoxy) is 3. The Balaban J connectivity index is 1.71. The maximum Gasteiger partial charge on any atom is 0.228 e. The summed E-state index contributed by atoms with van der Waals surface area (Å²) in [5.41, 5.74) is 0.961. The average Bonchev–Trinajstić information content (AvgIpc) is 3.24. The monoisotopic (exact) mass is 352 g/mol. The molecule has 134 valence electrons. The second kappa shape index (κ2) is 4.49. The van der Waals surface area contributed by atoms with Crippen LogP contribution in [0.4, 0.5) is 5.69 Å². The lowest BCUT2D eigenvalue weighted by molar-refractivity contribution is -0.237. The number of likely N-dealkylation sites (N-methyl/N-ethyl adjacent to an activating group) is 1. The van der Waals surface area contributed by atoms with Gasteiger partial charge in [0.05, 0.1) is 25.2 Å². The molecule has 4 atom stereocenters. The first kappa shape index (κ1) is 15.2. The molecule has 2 fully saturated rings. The van der Waals surface area contributed by atoms with Crippen LogP contribution in [0.2, 0.25) is 0 Å². The molecule has 1 aromatic rings. The Morgan fingerprint density at radius 2 is 2.08 bits per heavy atom. The molecule has 0 amide bonds. The molecule has 5 aliphatic rings. The molecule has 0 saturated carbocycles. The maximum atomic E-state index is 12.0. The van der Waals surface area contributed by atoms with Crippen LogP contribution in [0, 0.1) is 6.57 Å². The summed E-state index contributed by atoms with van der Waals surface area (Å²) < 4.78 is 18.5. The Labute approximate surface area is 151 Å². The first-order valence-electron chi connectivity index (χ1n) is 9.17. The number of hydrogen-bond donors (Lipinski definition) is 1. The maximum absolute atomic E-state index is 12.0. The highest BCUT2D eigenvalue weighted by Gasteiger charge is 2.75. The van der Waals surface area contributed by atoms with E-state index in [2.05, 4.69) is 16.8 Å². The van der Waals surface area contributed by atoms with Gasteiger partial charge in [-0.25, -0.2) is 4.85 Å². The zero-order chi connectivity index (χ0) is 17.7. The minimum atomic E-state index is -1.07. The fourth-order valence-electron chi connectivity index (χ4n) is 6.06. The van der Waals surface area contributed by atoms with E-state index in [4.69, 9.17) is 20.8 Å². The Kier molecular flexibility index (Phi) is 2.62. The predicted molar refractivity (Wildman–Crippen MR) is 92.3 cm³/mol. The van der Waals surface area contributed by atoms with E-state index >= 15 is 0 Å². The fourth-order valence-corrected chi connectivity index (χ4v) is 6.06. The summed E-state index contributed by atoms with van der Waals surface area (Å²) in [5, 5.41) is 12.0. The van der Waals surface area contributed by atoms with Gasteiger partial charge in [0.15, 0.2) is 6.10 Å². The molecule has 2 saturated heterocycles. The van der Waals surface area contributed by atoms with Gasteiger partial charge in [-0.3, -0.25) is 4.90 Å². The molecule has 3 aliphatic heterocycles. The molecule has 0 aromatic heterocycles. The van der Waals surface area contributed by atoms with Gasteiger partial charge in [0.1, 0.15) is 11.4 Å². The summed E-state index contributed by atoms with van der Waals surface area (Å²) in [6, 6.07) is 3.84. The molecule has 3 heterocycles. The van der Waals surface area contributed by atoms with Crippen molar-refractivity contribution >= 4 is 5.69 Å². The lowest BCUT2D eigenvalue weighted by Crippen LogP contribution is -2.77. The van der Waals surface area contributed by atoms with Crippen molar-refractivity contribution in [3.05, 3.63) is 46.8 Å². The van der Waals surface area contributed by atoms with E-state index in [1.165, 1.54) is 5.56 Å². The van der Waals surface area contributed by atoms with E-state index in [9.17, 15) is 5.11 Å². The van der Waals surface area contributed by atoms with Crippen LogP contribution in [0.25, 0.3) is 4.85 Å². The number of likely N-dealkylation sites (tertiary alicyclic amines) is 1. The largest absolute Gasteiger partial charge is 0.494 e. The highest BCUT2D eigenvalue weighted by atomic mass is 16.8. The average molecular weight is 352 g/mol. The fraction of sp³-hybridized carbons (Fsp3) is 0.550. The molecular weight excluding hydrogens is 332 g/mol. The van der Waals surface area contributed by atoms with Crippen molar-refractivity contribution in [3.63, 3.8) is 0 Å². The van der Waals surface area contributed by atoms with Crippen molar-refractivity contribution in [1.29, 1.82) is 0 Å². The van der Waals surface area contributed by atoms with E-state index in [0.717, 1.165) is 24.9 Å². The van der Waals surface area contributed by atoms with Crippen LogP contribution in [-0.4, -0.2) is 60.3 Å². The van der Waals surface area contributed by atoms with Gasteiger partial charge in [0.25, 0.3) is 0 Å². The number of rotatable bonds is 0. The van der Waals surface area contributed by atoms with Crippen LogP contribution in [0.3, 0.4) is 0 Å². The van der Waals surface area contributed by atoms with Crippen LogP contribution in [0.15, 0.2) is 24.3 Å². The van der Waals surface area contributed by atoms with Crippen molar-refractivity contribution in [3.8, 4) is 5.75 Å².